The van der Waals surface area contributed by atoms with Gasteiger partial charge in [-0.05, 0) is 56.2 Å². The van der Waals surface area contributed by atoms with Crippen molar-refractivity contribution in [1.29, 1.82) is 0 Å². The molecule has 1 aromatic heterocycles. The Bertz CT molecular complexity index is 1880. The van der Waals surface area contributed by atoms with Crippen LogP contribution in [0.5, 0.6) is 11.5 Å². The predicted molar refractivity (Wildman–Crippen MR) is 165 cm³/mol. The average molecular weight is 624 g/mol. The van der Waals surface area contributed by atoms with Crippen molar-refractivity contribution in [3.05, 3.63) is 124 Å². The number of nitrogens with zero attached hydrogens (tertiary/aromatic N) is 2. The lowest BCUT2D eigenvalue weighted by Gasteiger charge is -2.24. The van der Waals surface area contributed by atoms with Crippen molar-refractivity contribution in [1.82, 2.24) is 4.57 Å². The van der Waals surface area contributed by atoms with E-state index in [2.05, 4.69) is 4.99 Å². The van der Waals surface area contributed by atoms with Crippen molar-refractivity contribution in [2.75, 3.05) is 13.7 Å². The van der Waals surface area contributed by atoms with E-state index in [1.165, 1.54) is 11.3 Å². The van der Waals surface area contributed by atoms with Crippen LogP contribution >= 0.6 is 34.5 Å². The van der Waals surface area contributed by atoms with Gasteiger partial charge in [0.05, 0.1) is 45.6 Å². The minimum absolute atomic E-state index is 0.203. The van der Waals surface area contributed by atoms with Crippen LogP contribution in [0.1, 0.15) is 42.1 Å². The summed E-state index contributed by atoms with van der Waals surface area (Å²) in [5.74, 6) is 0.481. The molecule has 2 heterocycles. The molecule has 0 saturated heterocycles. The Morgan fingerprint density at radius 2 is 1.83 bits per heavy atom. The number of hydrogen-bond donors (Lipinski definition) is 0. The van der Waals surface area contributed by atoms with Crippen LogP contribution in [0.25, 0.3) is 6.08 Å². The molecular weight excluding hydrogens is 595 g/mol. The number of allylic oxidation sites excluding steroid dienone is 1. The minimum atomic E-state index is -0.682. The second-order valence-electron chi connectivity index (χ2n) is 9.63. The van der Waals surface area contributed by atoms with Gasteiger partial charge in [0.1, 0.15) is 6.61 Å². The highest BCUT2D eigenvalue weighted by molar-refractivity contribution is 7.07. The average Bonchev–Trinajstić information content (AvgIpc) is 3.27. The summed E-state index contributed by atoms with van der Waals surface area (Å²) in [6.07, 6.45) is 1.76. The first-order valence-corrected chi connectivity index (χ1v) is 14.8. The lowest BCUT2D eigenvalue weighted by Crippen LogP contribution is -2.39. The molecule has 0 N–H and O–H groups in total. The molecule has 0 saturated carbocycles. The van der Waals surface area contributed by atoms with Gasteiger partial charge in [-0.1, -0.05) is 82.6 Å². The SMILES string of the molecule is CCOC(=O)C1=C(C)N=c2s/c(=C\c3cccc(OC)c3OCc3ccc(Cl)c(Cl)c3)c(=O)n2[C@@H]1c1ccc(C)cc1. The first-order valence-electron chi connectivity index (χ1n) is 13.2. The molecule has 1 aliphatic heterocycles. The van der Waals surface area contributed by atoms with Gasteiger partial charge in [-0.2, -0.15) is 0 Å². The lowest BCUT2D eigenvalue weighted by molar-refractivity contribution is -0.139. The van der Waals surface area contributed by atoms with E-state index >= 15 is 0 Å². The number of halogens is 2. The second kappa shape index (κ2) is 12.6. The summed E-state index contributed by atoms with van der Waals surface area (Å²) in [4.78, 5) is 32.3. The molecule has 0 bridgehead atoms. The molecule has 7 nitrogen and oxygen atoms in total. The van der Waals surface area contributed by atoms with Gasteiger partial charge in [-0.25, -0.2) is 9.79 Å². The summed E-state index contributed by atoms with van der Waals surface area (Å²) in [5, 5.41) is 0.888. The number of ether oxygens (including phenoxy) is 3. The smallest absolute Gasteiger partial charge is 0.338 e. The molecule has 5 rings (SSSR count). The van der Waals surface area contributed by atoms with E-state index in [0.29, 0.717) is 47.7 Å². The van der Waals surface area contributed by atoms with E-state index < -0.39 is 12.0 Å². The highest BCUT2D eigenvalue weighted by Gasteiger charge is 2.33. The number of esters is 1. The molecule has 4 aromatic rings. The number of carbonyl (C=O) groups is 1. The highest BCUT2D eigenvalue weighted by atomic mass is 35.5. The summed E-state index contributed by atoms with van der Waals surface area (Å²) in [7, 11) is 1.56. The Morgan fingerprint density at radius 3 is 2.52 bits per heavy atom. The Kier molecular flexibility index (Phi) is 8.87. The normalized spacial score (nSPS) is 14.8. The monoisotopic (exact) mass is 622 g/mol. The first kappa shape index (κ1) is 29.6. The van der Waals surface area contributed by atoms with Crippen LogP contribution in [0.3, 0.4) is 0 Å². The Hall–Kier alpha value is -3.85. The molecular formula is C32H28Cl2N2O5S. The zero-order valence-electron chi connectivity index (χ0n) is 23.4. The van der Waals surface area contributed by atoms with E-state index in [4.69, 9.17) is 37.4 Å². The van der Waals surface area contributed by atoms with E-state index in [0.717, 1.165) is 16.7 Å². The lowest BCUT2D eigenvalue weighted by atomic mass is 9.95. The second-order valence-corrected chi connectivity index (χ2v) is 11.5. The number of aromatic nitrogens is 1. The van der Waals surface area contributed by atoms with E-state index in [-0.39, 0.29) is 18.8 Å². The Morgan fingerprint density at radius 1 is 1.07 bits per heavy atom. The molecule has 1 atom stereocenters. The summed E-state index contributed by atoms with van der Waals surface area (Å²) in [6, 6.07) is 17.8. The standard InChI is InChI=1S/C32H28Cl2N2O5S/c1-5-40-31(38)27-19(3)35-32-36(28(27)21-12-9-18(2)10-13-21)30(37)26(42-32)16-22-7-6-8-25(39-4)29(22)41-17-20-11-14-23(33)24(34)15-20/h6-16,28H,5,17H2,1-4H3/b26-16-/t28-/m1/s1. The van der Waals surface area contributed by atoms with Gasteiger partial charge >= 0.3 is 5.97 Å². The van der Waals surface area contributed by atoms with Crippen LogP contribution in [-0.2, 0) is 16.1 Å². The molecule has 42 heavy (non-hydrogen) atoms. The third kappa shape index (κ3) is 5.88. The molecule has 0 unspecified atom stereocenters. The fraction of sp³-hybridized carbons (Fsp3) is 0.219. The number of thiazole rings is 1. The van der Waals surface area contributed by atoms with Crippen molar-refractivity contribution >= 4 is 46.6 Å². The number of aryl methyl sites for hydroxylation is 1. The Balaban J connectivity index is 1.62. The molecule has 3 aromatic carbocycles. The van der Waals surface area contributed by atoms with Crippen LogP contribution in [0.2, 0.25) is 10.0 Å². The van der Waals surface area contributed by atoms with Crippen LogP contribution in [0, 0.1) is 6.92 Å². The third-order valence-corrected chi connectivity index (χ3v) is 8.52. The van der Waals surface area contributed by atoms with Crippen LogP contribution < -0.4 is 24.4 Å². The van der Waals surface area contributed by atoms with Crippen molar-refractivity contribution in [2.45, 2.75) is 33.4 Å². The molecule has 0 aliphatic carbocycles. The summed E-state index contributed by atoms with van der Waals surface area (Å²) in [6.45, 7) is 5.91. The largest absolute Gasteiger partial charge is 0.493 e. The minimum Gasteiger partial charge on any atom is -0.493 e. The Labute approximate surface area is 256 Å². The maximum Gasteiger partial charge on any atom is 0.338 e. The number of rotatable bonds is 8. The zero-order chi connectivity index (χ0) is 30.0. The molecule has 216 valence electrons. The van der Waals surface area contributed by atoms with Gasteiger partial charge in [0, 0.05) is 5.56 Å². The van der Waals surface area contributed by atoms with Crippen molar-refractivity contribution in [3.8, 4) is 11.5 Å². The van der Waals surface area contributed by atoms with Crippen molar-refractivity contribution < 1.29 is 19.0 Å². The number of carbonyl (C=O) groups excluding carboxylic acids is 1. The zero-order valence-corrected chi connectivity index (χ0v) is 25.8. The van der Waals surface area contributed by atoms with Gasteiger partial charge in [0.15, 0.2) is 16.3 Å². The fourth-order valence-corrected chi connectivity index (χ4v) is 6.10. The topological polar surface area (TPSA) is 79.1 Å². The highest BCUT2D eigenvalue weighted by Crippen LogP contribution is 2.34. The molecule has 0 radical (unpaired) electrons. The van der Waals surface area contributed by atoms with Crippen molar-refractivity contribution in [2.24, 2.45) is 4.99 Å². The van der Waals surface area contributed by atoms with Gasteiger partial charge < -0.3 is 14.2 Å². The summed E-state index contributed by atoms with van der Waals surface area (Å²) < 4.78 is 19.1. The van der Waals surface area contributed by atoms with Crippen LogP contribution in [0.15, 0.2) is 81.7 Å². The quantitative estimate of drug-likeness (QED) is 0.225. The number of benzene rings is 3. The molecule has 10 heteroatoms. The van der Waals surface area contributed by atoms with Crippen molar-refractivity contribution in [3.63, 3.8) is 0 Å². The third-order valence-electron chi connectivity index (χ3n) is 6.79. The van der Waals surface area contributed by atoms with E-state index in [1.807, 2.05) is 49.4 Å². The van der Waals surface area contributed by atoms with Gasteiger partial charge in [0.25, 0.3) is 5.56 Å². The van der Waals surface area contributed by atoms with Gasteiger partial charge in [0.2, 0.25) is 0 Å². The molecule has 0 spiro atoms. The fourth-order valence-electron chi connectivity index (χ4n) is 4.74. The number of para-hydroxylation sites is 1. The number of fused-ring (bicyclic) bond motifs is 1. The molecule has 0 amide bonds. The molecule has 0 fully saturated rings. The predicted octanol–water partition coefficient (Wildman–Crippen LogP) is 6.00. The summed E-state index contributed by atoms with van der Waals surface area (Å²) >= 11 is 13.5. The number of methoxy groups -OCH3 is 1. The van der Waals surface area contributed by atoms with E-state index in [9.17, 15) is 9.59 Å². The number of hydrogen-bond acceptors (Lipinski definition) is 7. The van der Waals surface area contributed by atoms with Crippen LogP contribution in [0.4, 0.5) is 0 Å². The van der Waals surface area contributed by atoms with Gasteiger partial charge in [-0.3, -0.25) is 9.36 Å². The van der Waals surface area contributed by atoms with Gasteiger partial charge in [-0.15, -0.1) is 0 Å². The maximum atomic E-state index is 14.0. The first-order chi connectivity index (χ1) is 20.2. The van der Waals surface area contributed by atoms with E-state index in [1.54, 1.807) is 49.8 Å². The maximum absolute atomic E-state index is 14.0. The molecule has 1 aliphatic rings. The summed E-state index contributed by atoms with van der Waals surface area (Å²) in [5.41, 5.74) is 3.89. The van der Waals surface area contributed by atoms with Crippen LogP contribution in [-0.4, -0.2) is 24.3 Å².